The molecule has 4 aliphatic rings. The smallest absolute Gasteiger partial charge is 0.256 e. The minimum absolute atomic E-state index is 0.000984. The number of fused-ring (bicyclic) bond motifs is 1. The van der Waals surface area contributed by atoms with Gasteiger partial charge in [0.2, 0.25) is 12.7 Å². The third-order valence-electron chi connectivity index (χ3n) is 7.78. The number of rotatable bonds is 5. The van der Waals surface area contributed by atoms with Gasteiger partial charge in [-0.1, -0.05) is 18.2 Å². The zero-order valence-corrected chi connectivity index (χ0v) is 21.1. The summed E-state index contributed by atoms with van der Waals surface area (Å²) in [5.74, 6) is 0.553. The van der Waals surface area contributed by atoms with Crippen LogP contribution < -0.4 is 14.8 Å². The fourth-order valence-corrected chi connectivity index (χ4v) is 5.70. The van der Waals surface area contributed by atoms with Crippen LogP contribution in [0.1, 0.15) is 46.4 Å². The number of benzene rings is 2. The Balaban J connectivity index is 1.19. The largest absolute Gasteiger partial charge is 0.454 e. The van der Waals surface area contributed by atoms with Gasteiger partial charge in [-0.15, -0.1) is 0 Å². The average molecular weight is 522 g/mol. The SMILES string of the molecule is O=C(NCC1CCCO1)C1COC2(CCN(C(=O)c3ccc4c(c3)OCO4)CC2)N1C(=O)c1ccccc1. The molecule has 2 unspecified atom stereocenters. The van der Waals surface area contributed by atoms with Crippen LogP contribution in [0.3, 0.4) is 0 Å². The number of amides is 3. The highest BCUT2D eigenvalue weighted by Crippen LogP contribution is 2.39. The van der Waals surface area contributed by atoms with Crippen LogP contribution in [0.2, 0.25) is 0 Å². The first-order chi connectivity index (χ1) is 18.5. The van der Waals surface area contributed by atoms with E-state index in [1.165, 1.54) is 0 Å². The summed E-state index contributed by atoms with van der Waals surface area (Å²) in [6.07, 6.45) is 2.69. The van der Waals surface area contributed by atoms with Gasteiger partial charge in [0.05, 0.1) is 12.7 Å². The number of hydrogen-bond donors (Lipinski definition) is 1. The molecule has 1 N–H and O–H groups in total. The van der Waals surface area contributed by atoms with Gasteiger partial charge in [0.25, 0.3) is 11.8 Å². The van der Waals surface area contributed by atoms with E-state index in [9.17, 15) is 14.4 Å². The van der Waals surface area contributed by atoms with E-state index in [2.05, 4.69) is 5.32 Å². The molecule has 0 radical (unpaired) electrons. The van der Waals surface area contributed by atoms with Gasteiger partial charge >= 0.3 is 0 Å². The fraction of sp³-hybridized carbons (Fsp3) is 0.464. The van der Waals surface area contributed by atoms with Crippen LogP contribution in [0.25, 0.3) is 0 Å². The minimum Gasteiger partial charge on any atom is -0.454 e. The Hall–Kier alpha value is -3.63. The molecule has 38 heavy (non-hydrogen) atoms. The van der Waals surface area contributed by atoms with E-state index in [4.69, 9.17) is 18.9 Å². The van der Waals surface area contributed by atoms with E-state index < -0.39 is 11.8 Å². The number of hydrogen-bond acceptors (Lipinski definition) is 7. The molecule has 2 aromatic rings. The third kappa shape index (κ3) is 4.58. The van der Waals surface area contributed by atoms with Crippen LogP contribution in [-0.4, -0.2) is 85.0 Å². The van der Waals surface area contributed by atoms with Gasteiger partial charge in [0.15, 0.2) is 11.5 Å². The van der Waals surface area contributed by atoms with Crippen molar-refractivity contribution in [3.63, 3.8) is 0 Å². The topological polar surface area (TPSA) is 107 Å². The summed E-state index contributed by atoms with van der Waals surface area (Å²) in [6, 6.07) is 13.3. The van der Waals surface area contributed by atoms with E-state index in [0.717, 1.165) is 12.8 Å². The lowest BCUT2D eigenvalue weighted by Crippen LogP contribution is -2.60. The standard InChI is InChI=1S/C28H31N3O7/c32-25(29-16-21-7-4-14-35-21)22-17-38-28(31(22)27(34)19-5-2-1-3-6-19)10-12-30(13-11-28)26(33)20-8-9-23-24(15-20)37-18-36-23/h1-3,5-6,8-9,15,21-22H,4,7,10-14,16-18H2,(H,29,32). The highest BCUT2D eigenvalue weighted by molar-refractivity contribution is 5.98. The van der Waals surface area contributed by atoms with Crippen molar-refractivity contribution in [1.29, 1.82) is 0 Å². The maximum Gasteiger partial charge on any atom is 0.256 e. The first kappa shape index (κ1) is 24.7. The Morgan fingerprint density at radius 1 is 0.947 bits per heavy atom. The molecule has 2 aromatic carbocycles. The fourth-order valence-electron chi connectivity index (χ4n) is 5.70. The summed E-state index contributed by atoms with van der Waals surface area (Å²) in [5.41, 5.74) is 0.0408. The molecule has 4 aliphatic heterocycles. The molecule has 0 aliphatic carbocycles. The average Bonchev–Trinajstić information content (AvgIpc) is 3.72. The quantitative estimate of drug-likeness (QED) is 0.643. The number of ether oxygens (including phenoxy) is 4. The van der Waals surface area contributed by atoms with Crippen LogP contribution in [0.5, 0.6) is 11.5 Å². The molecule has 10 nitrogen and oxygen atoms in total. The maximum absolute atomic E-state index is 13.8. The number of carbonyl (C=O) groups is 3. The van der Waals surface area contributed by atoms with Crippen molar-refractivity contribution in [3.8, 4) is 11.5 Å². The Morgan fingerprint density at radius 2 is 1.74 bits per heavy atom. The molecule has 1 spiro atoms. The monoisotopic (exact) mass is 521 g/mol. The molecule has 6 rings (SSSR count). The first-order valence-corrected chi connectivity index (χ1v) is 13.1. The molecule has 3 saturated heterocycles. The van der Waals surface area contributed by atoms with E-state index in [1.807, 2.05) is 6.07 Å². The van der Waals surface area contributed by atoms with E-state index in [1.54, 1.807) is 52.3 Å². The summed E-state index contributed by atoms with van der Waals surface area (Å²) in [7, 11) is 0. The highest BCUT2D eigenvalue weighted by atomic mass is 16.7. The van der Waals surface area contributed by atoms with Crippen molar-refractivity contribution in [2.45, 2.75) is 43.6 Å². The van der Waals surface area contributed by atoms with Crippen LogP contribution in [0.4, 0.5) is 0 Å². The number of nitrogens with one attached hydrogen (secondary N) is 1. The Labute approximate surface area is 220 Å². The first-order valence-electron chi connectivity index (χ1n) is 13.1. The van der Waals surface area contributed by atoms with Crippen molar-refractivity contribution in [2.24, 2.45) is 0 Å². The van der Waals surface area contributed by atoms with Crippen molar-refractivity contribution in [2.75, 3.05) is 39.6 Å². The second-order valence-electron chi connectivity index (χ2n) is 10.1. The van der Waals surface area contributed by atoms with Crippen molar-refractivity contribution < 1.29 is 33.3 Å². The molecule has 3 amide bonds. The molecule has 200 valence electrons. The summed E-state index contributed by atoms with van der Waals surface area (Å²) in [4.78, 5) is 43.7. The van der Waals surface area contributed by atoms with Gasteiger partial charge in [0.1, 0.15) is 11.8 Å². The normalized spacial score (nSPS) is 23.6. The van der Waals surface area contributed by atoms with E-state index in [-0.39, 0.29) is 37.2 Å². The van der Waals surface area contributed by atoms with Crippen LogP contribution in [0.15, 0.2) is 48.5 Å². The summed E-state index contributed by atoms with van der Waals surface area (Å²) in [5, 5.41) is 2.97. The molecule has 0 saturated carbocycles. The maximum atomic E-state index is 13.8. The van der Waals surface area contributed by atoms with Crippen LogP contribution in [-0.2, 0) is 14.3 Å². The number of nitrogens with zero attached hydrogens (tertiary/aromatic N) is 2. The molecule has 0 aromatic heterocycles. The van der Waals surface area contributed by atoms with Gasteiger partial charge < -0.3 is 29.2 Å². The second-order valence-corrected chi connectivity index (χ2v) is 10.1. The minimum atomic E-state index is -0.968. The van der Waals surface area contributed by atoms with Gasteiger partial charge in [-0.3, -0.25) is 19.3 Å². The van der Waals surface area contributed by atoms with Gasteiger partial charge in [-0.2, -0.15) is 0 Å². The number of likely N-dealkylation sites (tertiary alicyclic amines) is 1. The summed E-state index contributed by atoms with van der Waals surface area (Å²) >= 11 is 0. The Morgan fingerprint density at radius 3 is 2.50 bits per heavy atom. The molecular weight excluding hydrogens is 490 g/mol. The van der Waals surface area contributed by atoms with E-state index in [0.29, 0.717) is 61.7 Å². The molecule has 0 bridgehead atoms. The van der Waals surface area contributed by atoms with Gasteiger partial charge in [-0.05, 0) is 43.2 Å². The lowest BCUT2D eigenvalue weighted by Gasteiger charge is -2.44. The third-order valence-corrected chi connectivity index (χ3v) is 7.78. The predicted molar refractivity (Wildman–Crippen MR) is 135 cm³/mol. The van der Waals surface area contributed by atoms with Crippen molar-refractivity contribution >= 4 is 17.7 Å². The molecule has 3 fully saturated rings. The van der Waals surface area contributed by atoms with Crippen LogP contribution in [0, 0.1) is 0 Å². The van der Waals surface area contributed by atoms with Crippen LogP contribution >= 0.6 is 0 Å². The number of piperidine rings is 1. The zero-order valence-electron chi connectivity index (χ0n) is 21.1. The molecular formula is C28H31N3O7. The van der Waals surface area contributed by atoms with Crippen molar-refractivity contribution in [1.82, 2.24) is 15.1 Å². The molecule has 10 heteroatoms. The van der Waals surface area contributed by atoms with Gasteiger partial charge in [-0.25, -0.2) is 0 Å². The second kappa shape index (κ2) is 10.3. The lowest BCUT2D eigenvalue weighted by molar-refractivity contribution is -0.128. The summed E-state index contributed by atoms with van der Waals surface area (Å²) in [6.45, 7) is 2.13. The van der Waals surface area contributed by atoms with E-state index >= 15 is 0 Å². The lowest BCUT2D eigenvalue weighted by atomic mass is 9.96. The molecule has 4 heterocycles. The molecule has 2 atom stereocenters. The zero-order chi connectivity index (χ0) is 26.1. The van der Waals surface area contributed by atoms with Crippen molar-refractivity contribution in [3.05, 3.63) is 59.7 Å². The summed E-state index contributed by atoms with van der Waals surface area (Å²) < 4.78 is 22.7. The number of carbonyl (C=O) groups excluding carboxylic acids is 3. The Kier molecular flexibility index (Phi) is 6.67. The Bertz CT molecular complexity index is 1210. The predicted octanol–water partition coefficient (Wildman–Crippen LogP) is 2.18. The van der Waals surface area contributed by atoms with Gasteiger partial charge in [0, 0.05) is 50.2 Å². The highest BCUT2D eigenvalue weighted by Gasteiger charge is 2.54.